The van der Waals surface area contributed by atoms with Crippen molar-refractivity contribution in [1.82, 2.24) is 9.97 Å². The monoisotopic (exact) mass is 150 g/mol. The summed E-state index contributed by atoms with van der Waals surface area (Å²) < 4.78 is 0. The molecule has 0 aliphatic carbocycles. The van der Waals surface area contributed by atoms with Crippen LogP contribution in [0.3, 0.4) is 0 Å². The summed E-state index contributed by atoms with van der Waals surface area (Å²) in [6, 6.07) is 3.87. The lowest BCUT2D eigenvalue weighted by atomic mass is 10.4. The topological polar surface area (TPSA) is 28.7 Å². The van der Waals surface area contributed by atoms with Gasteiger partial charge in [0, 0.05) is 17.3 Å². The molecule has 0 aliphatic heterocycles. The van der Waals surface area contributed by atoms with E-state index in [0.717, 1.165) is 15.9 Å². The van der Waals surface area contributed by atoms with Crippen molar-refractivity contribution in [2.24, 2.45) is 0 Å². The molecule has 10 heavy (non-hydrogen) atoms. The highest BCUT2D eigenvalue weighted by molar-refractivity contribution is 7.80. The largest absolute Gasteiger partial charge is 0.359 e. The lowest BCUT2D eigenvalue weighted by Gasteiger charge is -1.85. The van der Waals surface area contributed by atoms with Crippen molar-refractivity contribution in [3.63, 3.8) is 0 Å². The lowest BCUT2D eigenvalue weighted by Crippen LogP contribution is -1.70. The van der Waals surface area contributed by atoms with Crippen molar-refractivity contribution in [2.45, 2.75) is 4.90 Å². The molecule has 3 heteroatoms. The molecule has 0 fully saturated rings. The molecule has 0 atom stereocenters. The molecule has 0 aliphatic rings. The van der Waals surface area contributed by atoms with Crippen LogP contribution in [0.1, 0.15) is 0 Å². The number of thiol groups is 1. The van der Waals surface area contributed by atoms with E-state index in [0.29, 0.717) is 0 Å². The van der Waals surface area contributed by atoms with Gasteiger partial charge in [0.05, 0.1) is 5.52 Å². The molecule has 0 unspecified atom stereocenters. The molecule has 0 radical (unpaired) electrons. The minimum Gasteiger partial charge on any atom is -0.359 e. The maximum absolute atomic E-state index is 4.21. The number of H-pyrrole nitrogens is 1. The quantitative estimate of drug-likeness (QED) is 0.551. The summed E-state index contributed by atoms with van der Waals surface area (Å²) in [7, 11) is 0. The fourth-order valence-corrected chi connectivity index (χ4v) is 1.18. The van der Waals surface area contributed by atoms with E-state index in [1.807, 2.05) is 18.3 Å². The summed E-state index contributed by atoms with van der Waals surface area (Å²) in [5.74, 6) is 0. The standard InChI is InChI=1S/C7H6N2S/c10-6-4-9-5-2-1-3-8-7(5)6/h1-4,9-10H. The van der Waals surface area contributed by atoms with Crippen molar-refractivity contribution in [2.75, 3.05) is 0 Å². The van der Waals surface area contributed by atoms with Gasteiger partial charge >= 0.3 is 0 Å². The van der Waals surface area contributed by atoms with Crippen molar-refractivity contribution < 1.29 is 0 Å². The fraction of sp³-hybridized carbons (Fsp3) is 0. The van der Waals surface area contributed by atoms with Crippen molar-refractivity contribution in [1.29, 1.82) is 0 Å². The zero-order valence-corrected chi connectivity index (χ0v) is 6.10. The van der Waals surface area contributed by atoms with Crippen molar-refractivity contribution >= 4 is 23.7 Å². The average Bonchev–Trinajstić information content (AvgIpc) is 2.34. The molecule has 0 saturated heterocycles. The Balaban J connectivity index is 2.93. The SMILES string of the molecule is Sc1c[nH]c2cccnc12. The number of hydrogen-bond donors (Lipinski definition) is 2. The minimum absolute atomic E-state index is 0.899. The highest BCUT2D eigenvalue weighted by Crippen LogP contribution is 2.17. The van der Waals surface area contributed by atoms with Gasteiger partial charge in [-0.1, -0.05) is 0 Å². The van der Waals surface area contributed by atoms with Crippen LogP contribution in [0.4, 0.5) is 0 Å². The Hall–Kier alpha value is -0.960. The van der Waals surface area contributed by atoms with E-state index in [1.54, 1.807) is 6.20 Å². The number of hydrogen-bond acceptors (Lipinski definition) is 2. The molecule has 2 nitrogen and oxygen atoms in total. The molecule has 0 aromatic carbocycles. The lowest BCUT2D eigenvalue weighted by molar-refractivity contribution is 1.38. The second-order valence-corrected chi connectivity index (χ2v) is 2.56. The van der Waals surface area contributed by atoms with Crippen LogP contribution < -0.4 is 0 Å². The molecule has 2 heterocycles. The summed E-state index contributed by atoms with van der Waals surface area (Å²) in [5.41, 5.74) is 1.97. The van der Waals surface area contributed by atoms with Gasteiger partial charge < -0.3 is 4.98 Å². The first-order valence-electron chi connectivity index (χ1n) is 2.99. The van der Waals surface area contributed by atoms with Crippen LogP contribution >= 0.6 is 12.6 Å². The maximum Gasteiger partial charge on any atom is 0.101 e. The second kappa shape index (κ2) is 2.02. The third-order valence-corrected chi connectivity index (χ3v) is 1.76. The third kappa shape index (κ3) is 0.708. The molecular formula is C7H6N2S. The Bertz CT molecular complexity index is 353. The molecule has 0 amide bonds. The molecule has 0 spiro atoms. The maximum atomic E-state index is 4.21. The van der Waals surface area contributed by atoms with Gasteiger partial charge in [-0.15, -0.1) is 12.6 Å². The smallest absolute Gasteiger partial charge is 0.101 e. The van der Waals surface area contributed by atoms with Gasteiger partial charge in [-0.3, -0.25) is 4.98 Å². The van der Waals surface area contributed by atoms with E-state index in [4.69, 9.17) is 0 Å². The Morgan fingerprint density at radius 3 is 3.20 bits per heavy atom. The minimum atomic E-state index is 0.899. The number of nitrogens with zero attached hydrogens (tertiary/aromatic N) is 1. The zero-order chi connectivity index (χ0) is 6.97. The van der Waals surface area contributed by atoms with E-state index in [1.165, 1.54) is 0 Å². The third-order valence-electron chi connectivity index (χ3n) is 1.41. The summed E-state index contributed by atoms with van der Waals surface area (Å²) in [4.78, 5) is 8.08. The molecular weight excluding hydrogens is 144 g/mol. The number of aromatic amines is 1. The Labute approximate surface area is 63.7 Å². The van der Waals surface area contributed by atoms with Crippen LogP contribution in [0.5, 0.6) is 0 Å². The molecule has 2 rings (SSSR count). The van der Waals surface area contributed by atoms with Crippen molar-refractivity contribution in [3.05, 3.63) is 24.5 Å². The molecule has 0 saturated carbocycles. The molecule has 1 N–H and O–H groups in total. The van der Waals surface area contributed by atoms with E-state index in [2.05, 4.69) is 22.6 Å². The molecule has 50 valence electrons. The van der Waals surface area contributed by atoms with Gasteiger partial charge in [0.15, 0.2) is 0 Å². The fourth-order valence-electron chi connectivity index (χ4n) is 0.940. The van der Waals surface area contributed by atoms with Gasteiger partial charge in [-0.05, 0) is 12.1 Å². The van der Waals surface area contributed by atoms with Crippen LogP contribution in [0.2, 0.25) is 0 Å². The van der Waals surface area contributed by atoms with E-state index >= 15 is 0 Å². The van der Waals surface area contributed by atoms with Gasteiger partial charge in [0.1, 0.15) is 5.52 Å². The summed E-state index contributed by atoms with van der Waals surface area (Å²) in [6.45, 7) is 0. The van der Waals surface area contributed by atoms with Gasteiger partial charge in [-0.25, -0.2) is 0 Å². The van der Waals surface area contributed by atoms with Crippen LogP contribution in [0, 0.1) is 0 Å². The summed E-state index contributed by atoms with van der Waals surface area (Å²) in [6.07, 6.45) is 3.59. The normalized spacial score (nSPS) is 10.5. The van der Waals surface area contributed by atoms with Crippen LogP contribution in [-0.4, -0.2) is 9.97 Å². The number of pyridine rings is 1. The predicted molar refractivity (Wildman–Crippen MR) is 43.3 cm³/mol. The van der Waals surface area contributed by atoms with E-state index in [-0.39, 0.29) is 0 Å². The van der Waals surface area contributed by atoms with Crippen molar-refractivity contribution in [3.8, 4) is 0 Å². The van der Waals surface area contributed by atoms with Crippen LogP contribution in [0.25, 0.3) is 11.0 Å². The van der Waals surface area contributed by atoms with E-state index < -0.39 is 0 Å². The predicted octanol–water partition coefficient (Wildman–Crippen LogP) is 1.85. The zero-order valence-electron chi connectivity index (χ0n) is 5.20. The van der Waals surface area contributed by atoms with Gasteiger partial charge in [0.25, 0.3) is 0 Å². The summed E-state index contributed by atoms with van der Waals surface area (Å²) >= 11 is 4.21. The first-order chi connectivity index (χ1) is 4.88. The molecule has 2 aromatic heterocycles. The molecule has 2 aromatic rings. The first kappa shape index (κ1) is 5.80. The van der Waals surface area contributed by atoms with E-state index in [9.17, 15) is 0 Å². The highest BCUT2D eigenvalue weighted by atomic mass is 32.1. The average molecular weight is 150 g/mol. The second-order valence-electron chi connectivity index (χ2n) is 2.07. The number of rotatable bonds is 0. The molecule has 0 bridgehead atoms. The van der Waals surface area contributed by atoms with Crippen LogP contribution in [0.15, 0.2) is 29.4 Å². The number of fused-ring (bicyclic) bond motifs is 1. The van der Waals surface area contributed by atoms with Crippen LogP contribution in [-0.2, 0) is 0 Å². The van der Waals surface area contributed by atoms with Gasteiger partial charge in [0.2, 0.25) is 0 Å². The van der Waals surface area contributed by atoms with Gasteiger partial charge in [-0.2, -0.15) is 0 Å². The Morgan fingerprint density at radius 2 is 2.40 bits per heavy atom. The highest BCUT2D eigenvalue weighted by Gasteiger charge is 1.97. The Morgan fingerprint density at radius 1 is 1.50 bits per heavy atom. The number of aromatic nitrogens is 2. The first-order valence-corrected chi connectivity index (χ1v) is 3.44. The summed E-state index contributed by atoms with van der Waals surface area (Å²) in [5, 5.41) is 0. The Kier molecular flexibility index (Phi) is 1.17. The number of nitrogens with one attached hydrogen (secondary N) is 1.